The molecule has 0 amide bonds. The van der Waals surface area contributed by atoms with Crippen LogP contribution in [0.25, 0.3) is 22.4 Å². The number of H-pyrrole nitrogens is 1. The molecule has 2 aliphatic rings. The first-order valence-electron chi connectivity index (χ1n) is 8.49. The fraction of sp³-hybridized carbons (Fsp3) is 0.471. The summed E-state index contributed by atoms with van der Waals surface area (Å²) in [5.41, 5.74) is 3.33. The average molecular weight is 377 g/mol. The summed E-state index contributed by atoms with van der Waals surface area (Å²) in [7, 11) is 0. The number of aryl methyl sites for hydroxylation is 2. The van der Waals surface area contributed by atoms with Gasteiger partial charge in [-0.2, -0.15) is 4.98 Å². The molecular weight excluding hydrogens is 360 g/mol. The largest absolute Gasteiger partial charge is 0.456 e. The van der Waals surface area contributed by atoms with Crippen LogP contribution in [-0.4, -0.2) is 51.6 Å². The molecule has 5 heterocycles. The monoisotopic (exact) mass is 376 g/mol. The Kier molecular flexibility index (Phi) is 3.66. The highest BCUT2D eigenvalue weighted by molar-refractivity contribution is 6.33. The van der Waals surface area contributed by atoms with Gasteiger partial charge in [-0.1, -0.05) is 16.8 Å². The number of halogens is 1. The summed E-state index contributed by atoms with van der Waals surface area (Å²) < 4.78 is 22.6. The second-order valence-electron chi connectivity index (χ2n) is 6.58. The molecule has 0 saturated carbocycles. The summed E-state index contributed by atoms with van der Waals surface area (Å²) >= 11 is 6.43. The maximum absolute atomic E-state index is 6.43. The van der Waals surface area contributed by atoms with E-state index in [4.69, 9.17) is 30.3 Å². The molecule has 3 aromatic rings. The van der Waals surface area contributed by atoms with Crippen molar-refractivity contribution in [1.29, 1.82) is 0 Å². The molecule has 136 valence electrons. The number of hydrogen-bond donors (Lipinski definition) is 1. The van der Waals surface area contributed by atoms with Gasteiger partial charge >= 0.3 is 0 Å². The maximum Gasteiger partial charge on any atom is 0.296 e. The molecule has 8 nitrogen and oxygen atoms in total. The van der Waals surface area contributed by atoms with Crippen molar-refractivity contribution in [3.63, 3.8) is 0 Å². The van der Waals surface area contributed by atoms with Crippen molar-refractivity contribution in [1.82, 2.24) is 20.1 Å². The highest BCUT2D eigenvalue weighted by atomic mass is 35.5. The van der Waals surface area contributed by atoms with E-state index in [-0.39, 0.29) is 18.3 Å². The SMILES string of the molecule is Cc1noc(C)c1-c1nc2nc(OC3CO[C@@H]4CCO[C@H]34)[nH]c2cc1Cl. The van der Waals surface area contributed by atoms with Gasteiger partial charge in [0, 0.05) is 6.61 Å². The average Bonchev–Trinajstić information content (AvgIpc) is 3.34. The van der Waals surface area contributed by atoms with Gasteiger partial charge in [-0.15, -0.1) is 0 Å². The van der Waals surface area contributed by atoms with Crippen molar-refractivity contribution in [2.75, 3.05) is 13.2 Å². The highest BCUT2D eigenvalue weighted by Crippen LogP contribution is 2.34. The summed E-state index contributed by atoms with van der Waals surface area (Å²) in [6, 6.07) is 2.16. The van der Waals surface area contributed by atoms with Gasteiger partial charge in [0.15, 0.2) is 11.8 Å². The van der Waals surface area contributed by atoms with Crippen LogP contribution in [0, 0.1) is 13.8 Å². The Labute approximate surface area is 153 Å². The van der Waals surface area contributed by atoms with E-state index >= 15 is 0 Å². The van der Waals surface area contributed by atoms with Crippen molar-refractivity contribution in [3.05, 3.63) is 22.5 Å². The van der Waals surface area contributed by atoms with Gasteiger partial charge in [-0.3, -0.25) is 0 Å². The van der Waals surface area contributed by atoms with E-state index < -0.39 is 0 Å². The predicted octanol–water partition coefficient (Wildman–Crippen LogP) is 2.82. The van der Waals surface area contributed by atoms with Crippen LogP contribution in [0.15, 0.2) is 10.6 Å². The number of aromatic nitrogens is 4. The molecule has 0 aliphatic carbocycles. The first-order chi connectivity index (χ1) is 12.6. The lowest BCUT2D eigenvalue weighted by atomic mass is 10.1. The molecule has 0 aromatic carbocycles. The molecule has 2 saturated heterocycles. The Bertz CT molecular complexity index is 965. The van der Waals surface area contributed by atoms with Gasteiger partial charge in [-0.05, 0) is 26.3 Å². The standard InChI is InChI=1S/C17H17ClN4O4/c1-7-13(8(2)26-22-7)14-9(18)5-10-16(20-14)21-17(19-10)25-12-6-24-11-3-4-23-15(11)12/h5,11-12,15H,3-4,6H2,1-2H3,(H,19,20,21)/t11-,12?,15+/m1/s1. The third kappa shape index (κ3) is 2.48. The number of ether oxygens (including phenoxy) is 3. The van der Waals surface area contributed by atoms with Crippen LogP contribution in [0.3, 0.4) is 0 Å². The summed E-state index contributed by atoms with van der Waals surface area (Å²) in [5, 5.41) is 4.45. The van der Waals surface area contributed by atoms with E-state index in [1.165, 1.54) is 0 Å². The minimum absolute atomic E-state index is 0.0439. The minimum atomic E-state index is -0.180. The second kappa shape index (κ2) is 5.94. The fourth-order valence-corrected chi connectivity index (χ4v) is 3.87. The number of imidazole rings is 1. The quantitative estimate of drug-likeness (QED) is 0.750. The van der Waals surface area contributed by atoms with E-state index in [9.17, 15) is 0 Å². The van der Waals surface area contributed by atoms with E-state index in [1.807, 2.05) is 13.8 Å². The zero-order valence-corrected chi connectivity index (χ0v) is 15.0. The fourth-order valence-electron chi connectivity index (χ4n) is 3.62. The Morgan fingerprint density at radius 2 is 2.15 bits per heavy atom. The minimum Gasteiger partial charge on any atom is -0.456 e. The molecule has 0 bridgehead atoms. The zero-order valence-electron chi connectivity index (χ0n) is 14.3. The molecule has 9 heteroatoms. The number of aromatic amines is 1. The summed E-state index contributed by atoms with van der Waals surface area (Å²) in [5.74, 6) is 0.663. The maximum atomic E-state index is 6.43. The normalized spacial score (nSPS) is 25.1. The van der Waals surface area contributed by atoms with E-state index in [1.54, 1.807) is 6.07 Å². The lowest BCUT2D eigenvalue weighted by Crippen LogP contribution is -2.32. The number of fused-ring (bicyclic) bond motifs is 2. The third-order valence-electron chi connectivity index (χ3n) is 4.86. The van der Waals surface area contributed by atoms with Crippen LogP contribution in [-0.2, 0) is 9.47 Å². The van der Waals surface area contributed by atoms with Crippen LogP contribution >= 0.6 is 11.6 Å². The summed E-state index contributed by atoms with van der Waals surface area (Å²) in [4.78, 5) is 12.1. The Balaban J connectivity index is 1.48. The molecule has 3 aromatic heterocycles. The van der Waals surface area contributed by atoms with E-state index in [2.05, 4.69) is 20.1 Å². The number of nitrogens with one attached hydrogen (secondary N) is 1. The molecule has 5 rings (SSSR count). The van der Waals surface area contributed by atoms with Gasteiger partial charge in [0.05, 0.1) is 40.2 Å². The van der Waals surface area contributed by atoms with E-state index in [0.717, 1.165) is 17.7 Å². The lowest BCUT2D eigenvalue weighted by molar-refractivity contribution is 0.0273. The smallest absolute Gasteiger partial charge is 0.296 e. The first kappa shape index (κ1) is 16.0. The zero-order chi connectivity index (χ0) is 17.8. The molecule has 1 N–H and O–H groups in total. The Morgan fingerprint density at radius 3 is 2.96 bits per heavy atom. The number of hydrogen-bond acceptors (Lipinski definition) is 7. The van der Waals surface area contributed by atoms with Crippen LogP contribution in [0.5, 0.6) is 6.01 Å². The molecule has 26 heavy (non-hydrogen) atoms. The van der Waals surface area contributed by atoms with Gasteiger partial charge < -0.3 is 23.7 Å². The topological polar surface area (TPSA) is 95.3 Å². The lowest BCUT2D eigenvalue weighted by Gasteiger charge is -2.15. The van der Waals surface area contributed by atoms with Crippen LogP contribution < -0.4 is 4.74 Å². The summed E-state index contributed by atoms with van der Waals surface area (Å²) in [6.07, 6.45) is 0.795. The third-order valence-corrected chi connectivity index (χ3v) is 5.15. The van der Waals surface area contributed by atoms with E-state index in [0.29, 0.717) is 46.9 Å². The second-order valence-corrected chi connectivity index (χ2v) is 6.99. The van der Waals surface area contributed by atoms with Gasteiger partial charge in [0.25, 0.3) is 6.01 Å². The van der Waals surface area contributed by atoms with Crippen LogP contribution in [0.4, 0.5) is 0 Å². The highest BCUT2D eigenvalue weighted by Gasteiger charge is 2.43. The van der Waals surface area contributed by atoms with Crippen LogP contribution in [0.1, 0.15) is 17.9 Å². The molecule has 2 fully saturated rings. The number of pyridine rings is 1. The molecule has 1 unspecified atom stereocenters. The van der Waals surface area contributed by atoms with Gasteiger partial charge in [0.2, 0.25) is 0 Å². The van der Waals surface area contributed by atoms with Crippen molar-refractivity contribution in [2.45, 2.75) is 38.6 Å². The van der Waals surface area contributed by atoms with Crippen molar-refractivity contribution in [3.8, 4) is 17.3 Å². The molecular formula is C17H17ClN4O4. The Morgan fingerprint density at radius 1 is 1.27 bits per heavy atom. The van der Waals surface area contributed by atoms with Gasteiger partial charge in [0.1, 0.15) is 11.9 Å². The van der Waals surface area contributed by atoms with Crippen LogP contribution in [0.2, 0.25) is 5.02 Å². The molecule has 2 aliphatic heterocycles. The van der Waals surface area contributed by atoms with Crippen molar-refractivity contribution < 1.29 is 18.7 Å². The van der Waals surface area contributed by atoms with Gasteiger partial charge in [-0.25, -0.2) is 4.98 Å². The molecule has 0 radical (unpaired) electrons. The molecule has 0 spiro atoms. The van der Waals surface area contributed by atoms with Crippen molar-refractivity contribution >= 4 is 22.8 Å². The molecule has 3 atom stereocenters. The summed E-state index contributed by atoms with van der Waals surface area (Å²) in [6.45, 7) is 4.87. The van der Waals surface area contributed by atoms with Crippen molar-refractivity contribution in [2.24, 2.45) is 0 Å². The Hall–Kier alpha value is -2.16. The predicted molar refractivity (Wildman–Crippen MR) is 92.4 cm³/mol. The first-order valence-corrected chi connectivity index (χ1v) is 8.87. The number of nitrogens with zero attached hydrogens (tertiary/aromatic N) is 3. The number of rotatable bonds is 3.